The standard InChI is InChI=1S/C10H9FN2O3/c1-16-10(15)5-2-8-7(3-6(5)11)12-4-9(14)13-8/h2-3,12H,4H2,1H3,(H,13,14). The van der Waals surface area contributed by atoms with Gasteiger partial charge in [0.05, 0.1) is 30.6 Å². The fraction of sp³-hybridized carbons (Fsp3) is 0.200. The fourth-order valence-corrected chi connectivity index (χ4v) is 1.46. The van der Waals surface area contributed by atoms with Crippen molar-refractivity contribution >= 4 is 23.3 Å². The van der Waals surface area contributed by atoms with E-state index in [1.54, 1.807) is 0 Å². The SMILES string of the molecule is COC(=O)c1cc2c(cc1F)NCC(=O)N2. The third kappa shape index (κ3) is 1.69. The van der Waals surface area contributed by atoms with Gasteiger partial charge < -0.3 is 15.4 Å². The Kier molecular flexibility index (Phi) is 2.47. The summed E-state index contributed by atoms with van der Waals surface area (Å²) in [4.78, 5) is 22.3. The topological polar surface area (TPSA) is 67.4 Å². The summed E-state index contributed by atoms with van der Waals surface area (Å²) in [6.07, 6.45) is 0. The number of hydrogen-bond donors (Lipinski definition) is 2. The van der Waals surface area contributed by atoms with E-state index in [2.05, 4.69) is 15.4 Å². The predicted octanol–water partition coefficient (Wildman–Crippen LogP) is 0.976. The molecular weight excluding hydrogens is 215 g/mol. The van der Waals surface area contributed by atoms with E-state index in [-0.39, 0.29) is 18.0 Å². The lowest BCUT2D eigenvalue weighted by atomic mass is 10.1. The van der Waals surface area contributed by atoms with Crippen molar-refractivity contribution in [1.29, 1.82) is 0 Å². The highest BCUT2D eigenvalue weighted by atomic mass is 19.1. The molecule has 1 heterocycles. The van der Waals surface area contributed by atoms with Gasteiger partial charge in [0.2, 0.25) is 5.91 Å². The second-order valence-corrected chi connectivity index (χ2v) is 3.27. The molecule has 0 aromatic heterocycles. The minimum Gasteiger partial charge on any atom is -0.465 e. The van der Waals surface area contributed by atoms with Crippen molar-refractivity contribution in [3.63, 3.8) is 0 Å². The lowest BCUT2D eigenvalue weighted by Gasteiger charge is -2.19. The molecule has 0 bridgehead atoms. The van der Waals surface area contributed by atoms with Crippen molar-refractivity contribution in [1.82, 2.24) is 0 Å². The Morgan fingerprint density at radius 1 is 1.44 bits per heavy atom. The van der Waals surface area contributed by atoms with Gasteiger partial charge in [-0.05, 0) is 12.1 Å². The Morgan fingerprint density at radius 2 is 2.19 bits per heavy atom. The van der Waals surface area contributed by atoms with Crippen molar-refractivity contribution < 1.29 is 18.7 Å². The maximum absolute atomic E-state index is 13.5. The van der Waals surface area contributed by atoms with Crippen LogP contribution in [0.15, 0.2) is 12.1 Å². The minimum absolute atomic E-state index is 0.0873. The molecule has 0 saturated carbocycles. The summed E-state index contributed by atoms with van der Waals surface area (Å²) < 4.78 is 17.9. The monoisotopic (exact) mass is 224 g/mol. The molecule has 0 saturated heterocycles. The average Bonchev–Trinajstić information content (AvgIpc) is 2.28. The highest BCUT2D eigenvalue weighted by Gasteiger charge is 2.20. The third-order valence-electron chi connectivity index (χ3n) is 2.23. The summed E-state index contributed by atoms with van der Waals surface area (Å²) in [5, 5.41) is 5.26. The fourth-order valence-electron chi connectivity index (χ4n) is 1.46. The maximum atomic E-state index is 13.5. The molecule has 1 amide bonds. The van der Waals surface area contributed by atoms with Crippen LogP contribution in [0.4, 0.5) is 15.8 Å². The van der Waals surface area contributed by atoms with Gasteiger partial charge in [0.15, 0.2) is 0 Å². The predicted molar refractivity (Wildman–Crippen MR) is 54.9 cm³/mol. The summed E-state index contributed by atoms with van der Waals surface area (Å²) >= 11 is 0. The Labute approximate surface area is 90.6 Å². The van der Waals surface area contributed by atoms with Crippen LogP contribution in [-0.2, 0) is 9.53 Å². The number of halogens is 1. The lowest BCUT2D eigenvalue weighted by molar-refractivity contribution is -0.114. The highest BCUT2D eigenvalue weighted by Crippen LogP contribution is 2.28. The number of carbonyl (C=O) groups is 2. The van der Waals surface area contributed by atoms with E-state index in [4.69, 9.17) is 0 Å². The van der Waals surface area contributed by atoms with Crippen LogP contribution >= 0.6 is 0 Å². The number of nitrogens with one attached hydrogen (secondary N) is 2. The van der Waals surface area contributed by atoms with Crippen LogP contribution in [0.3, 0.4) is 0 Å². The van der Waals surface area contributed by atoms with Crippen LogP contribution in [0.2, 0.25) is 0 Å². The van der Waals surface area contributed by atoms with Gasteiger partial charge in [-0.2, -0.15) is 0 Å². The molecule has 1 aromatic carbocycles. The van der Waals surface area contributed by atoms with E-state index >= 15 is 0 Å². The van der Waals surface area contributed by atoms with Crippen molar-refractivity contribution in [2.75, 3.05) is 24.3 Å². The van der Waals surface area contributed by atoms with Crippen LogP contribution in [0, 0.1) is 5.82 Å². The first-order valence-electron chi connectivity index (χ1n) is 4.57. The number of anilines is 2. The first-order valence-corrected chi connectivity index (χ1v) is 4.57. The quantitative estimate of drug-likeness (QED) is 0.698. The van der Waals surface area contributed by atoms with Crippen LogP contribution < -0.4 is 10.6 Å². The second kappa shape index (κ2) is 3.80. The van der Waals surface area contributed by atoms with E-state index in [1.807, 2.05) is 0 Å². The summed E-state index contributed by atoms with van der Waals surface area (Å²) in [5.41, 5.74) is 0.619. The minimum atomic E-state index is -0.778. The molecule has 16 heavy (non-hydrogen) atoms. The number of esters is 1. The molecule has 1 aliphatic rings. The molecule has 6 heteroatoms. The van der Waals surface area contributed by atoms with Crippen molar-refractivity contribution in [2.24, 2.45) is 0 Å². The first-order chi connectivity index (χ1) is 7.61. The molecule has 84 valence electrons. The molecule has 5 nitrogen and oxygen atoms in total. The number of amides is 1. The maximum Gasteiger partial charge on any atom is 0.340 e. The van der Waals surface area contributed by atoms with Gasteiger partial charge in [-0.25, -0.2) is 9.18 Å². The van der Waals surface area contributed by atoms with Crippen LogP contribution in [0.1, 0.15) is 10.4 Å². The lowest BCUT2D eigenvalue weighted by Crippen LogP contribution is -2.27. The smallest absolute Gasteiger partial charge is 0.340 e. The van der Waals surface area contributed by atoms with E-state index in [9.17, 15) is 14.0 Å². The second-order valence-electron chi connectivity index (χ2n) is 3.27. The third-order valence-corrected chi connectivity index (χ3v) is 2.23. The van der Waals surface area contributed by atoms with E-state index < -0.39 is 11.8 Å². The summed E-state index contributed by atoms with van der Waals surface area (Å²) in [7, 11) is 1.16. The summed E-state index contributed by atoms with van der Waals surface area (Å²) in [5.74, 6) is -1.70. The van der Waals surface area contributed by atoms with E-state index in [0.717, 1.165) is 13.2 Å². The van der Waals surface area contributed by atoms with E-state index in [0.29, 0.717) is 11.4 Å². The molecule has 0 radical (unpaired) electrons. The molecule has 1 aliphatic heterocycles. The molecule has 0 spiro atoms. The zero-order chi connectivity index (χ0) is 11.7. The average molecular weight is 224 g/mol. The van der Waals surface area contributed by atoms with Crippen molar-refractivity contribution in [3.05, 3.63) is 23.5 Å². The number of ether oxygens (including phenoxy) is 1. The summed E-state index contributed by atoms with van der Waals surface area (Å²) in [6.45, 7) is 0.0873. The Bertz CT molecular complexity index is 473. The van der Waals surface area contributed by atoms with Gasteiger partial charge >= 0.3 is 5.97 Å². The number of hydrogen-bond acceptors (Lipinski definition) is 4. The van der Waals surface area contributed by atoms with Crippen LogP contribution in [0.5, 0.6) is 0 Å². The first kappa shape index (κ1) is 10.4. The highest BCUT2D eigenvalue weighted by molar-refractivity contribution is 6.02. The number of rotatable bonds is 1. The zero-order valence-corrected chi connectivity index (χ0v) is 8.46. The molecule has 0 aliphatic carbocycles. The summed E-state index contributed by atoms with van der Waals surface area (Å²) in [6, 6.07) is 2.40. The van der Waals surface area contributed by atoms with E-state index in [1.165, 1.54) is 6.07 Å². The number of methoxy groups -OCH3 is 1. The molecule has 2 rings (SSSR count). The van der Waals surface area contributed by atoms with Gasteiger partial charge in [0.1, 0.15) is 5.82 Å². The van der Waals surface area contributed by atoms with Crippen molar-refractivity contribution in [3.8, 4) is 0 Å². The van der Waals surface area contributed by atoms with Gasteiger partial charge in [-0.1, -0.05) is 0 Å². The van der Waals surface area contributed by atoms with Gasteiger partial charge in [-0.15, -0.1) is 0 Å². The largest absolute Gasteiger partial charge is 0.465 e. The zero-order valence-electron chi connectivity index (χ0n) is 8.46. The Balaban J connectivity index is 2.46. The molecule has 0 unspecified atom stereocenters. The number of carbonyl (C=O) groups excluding carboxylic acids is 2. The van der Waals surface area contributed by atoms with Gasteiger partial charge in [0.25, 0.3) is 0 Å². The molecule has 1 aromatic rings. The Morgan fingerprint density at radius 3 is 2.88 bits per heavy atom. The number of fused-ring (bicyclic) bond motifs is 1. The molecular formula is C10H9FN2O3. The normalized spacial score (nSPS) is 13.5. The van der Waals surface area contributed by atoms with Crippen molar-refractivity contribution in [2.45, 2.75) is 0 Å². The number of benzene rings is 1. The van der Waals surface area contributed by atoms with Crippen LogP contribution in [-0.4, -0.2) is 25.5 Å². The van der Waals surface area contributed by atoms with Gasteiger partial charge in [0, 0.05) is 0 Å². The van der Waals surface area contributed by atoms with Crippen LogP contribution in [0.25, 0.3) is 0 Å². The molecule has 2 N–H and O–H groups in total. The van der Waals surface area contributed by atoms with Gasteiger partial charge in [-0.3, -0.25) is 4.79 Å². The molecule has 0 fully saturated rings. The molecule has 0 atom stereocenters. The Hall–Kier alpha value is -2.11.